The first-order chi connectivity index (χ1) is 8.45. The molecular weight excluding hydrogens is 220 g/mol. The van der Waals surface area contributed by atoms with Crippen molar-refractivity contribution in [1.29, 1.82) is 0 Å². The van der Waals surface area contributed by atoms with Gasteiger partial charge in [0, 0.05) is 0 Å². The van der Waals surface area contributed by atoms with E-state index in [2.05, 4.69) is 45.0 Å². The summed E-state index contributed by atoms with van der Waals surface area (Å²) < 4.78 is 0. The van der Waals surface area contributed by atoms with Gasteiger partial charge in [-0.2, -0.15) is 0 Å². The molecule has 1 nitrogen and oxygen atoms in total. The molecule has 0 aliphatic heterocycles. The minimum absolute atomic E-state index is 0.259. The first kappa shape index (κ1) is 13.6. The molecule has 0 spiro atoms. The second-order valence-corrected chi connectivity index (χ2v) is 6.67. The predicted octanol–water partition coefficient (Wildman–Crippen LogP) is 4.43. The van der Waals surface area contributed by atoms with Crippen LogP contribution in [0.2, 0.25) is 0 Å². The summed E-state index contributed by atoms with van der Waals surface area (Å²) in [6, 6.07) is 8.62. The zero-order valence-corrected chi connectivity index (χ0v) is 12.0. The van der Waals surface area contributed by atoms with Crippen LogP contribution < -0.4 is 0 Å². The number of hydrogen-bond donors (Lipinski definition) is 1. The molecule has 0 amide bonds. The zero-order chi connectivity index (χ0) is 13.2. The van der Waals surface area contributed by atoms with Crippen LogP contribution in [0.1, 0.15) is 64.0 Å². The van der Waals surface area contributed by atoms with Gasteiger partial charge in [-0.1, -0.05) is 51.5 Å². The van der Waals surface area contributed by atoms with Crippen LogP contribution in [0.25, 0.3) is 0 Å². The van der Waals surface area contributed by atoms with E-state index in [1.807, 2.05) is 0 Å². The standard InChI is InChI=1S/C17H26O/c1-4-6-14-7-9-15(10-8-14)17(18)12-5-11-16(2,3)13-17/h7-10,18H,4-6,11-13H2,1-3H3. The van der Waals surface area contributed by atoms with E-state index in [0.717, 1.165) is 31.2 Å². The summed E-state index contributed by atoms with van der Waals surface area (Å²) in [4.78, 5) is 0. The third-order valence-corrected chi connectivity index (χ3v) is 4.24. The van der Waals surface area contributed by atoms with Gasteiger partial charge in [-0.25, -0.2) is 0 Å². The monoisotopic (exact) mass is 246 g/mol. The summed E-state index contributed by atoms with van der Waals surface area (Å²) in [6.07, 6.45) is 6.45. The Balaban J connectivity index is 2.19. The Morgan fingerprint density at radius 3 is 2.33 bits per heavy atom. The maximum atomic E-state index is 10.9. The van der Waals surface area contributed by atoms with Gasteiger partial charge in [-0.05, 0) is 48.6 Å². The minimum Gasteiger partial charge on any atom is -0.385 e. The van der Waals surface area contributed by atoms with Gasteiger partial charge in [-0.15, -0.1) is 0 Å². The number of hydrogen-bond acceptors (Lipinski definition) is 1. The second-order valence-electron chi connectivity index (χ2n) is 6.67. The van der Waals surface area contributed by atoms with E-state index < -0.39 is 5.60 Å². The maximum Gasteiger partial charge on any atom is 0.0901 e. The molecular formula is C17H26O. The van der Waals surface area contributed by atoms with Crippen molar-refractivity contribution in [3.63, 3.8) is 0 Å². The number of aryl methyl sites for hydroxylation is 1. The van der Waals surface area contributed by atoms with Gasteiger partial charge >= 0.3 is 0 Å². The van der Waals surface area contributed by atoms with Crippen molar-refractivity contribution >= 4 is 0 Å². The molecule has 1 aliphatic carbocycles. The molecule has 2 rings (SSSR count). The second kappa shape index (κ2) is 5.05. The lowest BCUT2D eigenvalue weighted by Crippen LogP contribution is -2.36. The molecule has 0 aromatic heterocycles. The molecule has 1 heteroatoms. The smallest absolute Gasteiger partial charge is 0.0901 e. The van der Waals surface area contributed by atoms with Gasteiger partial charge in [0.2, 0.25) is 0 Å². The Labute approximate surface area is 111 Å². The molecule has 0 bridgehead atoms. The average molecular weight is 246 g/mol. The summed E-state index contributed by atoms with van der Waals surface area (Å²) >= 11 is 0. The van der Waals surface area contributed by atoms with Crippen molar-refractivity contribution in [2.45, 2.75) is 64.9 Å². The fourth-order valence-corrected chi connectivity index (χ4v) is 3.34. The Morgan fingerprint density at radius 1 is 1.11 bits per heavy atom. The van der Waals surface area contributed by atoms with E-state index in [1.54, 1.807) is 0 Å². The molecule has 0 heterocycles. The van der Waals surface area contributed by atoms with Gasteiger partial charge in [-0.3, -0.25) is 0 Å². The minimum atomic E-state index is -0.605. The summed E-state index contributed by atoms with van der Waals surface area (Å²) in [5.41, 5.74) is 2.14. The lowest BCUT2D eigenvalue weighted by molar-refractivity contribution is -0.0440. The number of aliphatic hydroxyl groups is 1. The van der Waals surface area contributed by atoms with Crippen LogP contribution in [0, 0.1) is 5.41 Å². The van der Waals surface area contributed by atoms with Crippen molar-refractivity contribution in [1.82, 2.24) is 0 Å². The van der Waals surface area contributed by atoms with Crippen molar-refractivity contribution in [3.8, 4) is 0 Å². The van der Waals surface area contributed by atoms with Gasteiger partial charge < -0.3 is 5.11 Å². The first-order valence-electron chi connectivity index (χ1n) is 7.27. The molecule has 1 saturated carbocycles. The first-order valence-corrected chi connectivity index (χ1v) is 7.27. The Morgan fingerprint density at radius 2 is 1.78 bits per heavy atom. The summed E-state index contributed by atoms with van der Waals surface area (Å²) in [6.45, 7) is 6.73. The van der Waals surface area contributed by atoms with Gasteiger partial charge in [0.05, 0.1) is 5.60 Å². The highest BCUT2D eigenvalue weighted by molar-refractivity contribution is 5.28. The Hall–Kier alpha value is -0.820. The van der Waals surface area contributed by atoms with E-state index in [1.165, 1.54) is 18.4 Å². The molecule has 1 aromatic carbocycles. The van der Waals surface area contributed by atoms with Crippen LogP contribution in [-0.4, -0.2) is 5.11 Å². The van der Waals surface area contributed by atoms with E-state index >= 15 is 0 Å². The third-order valence-electron chi connectivity index (χ3n) is 4.24. The SMILES string of the molecule is CCCc1ccc(C2(O)CCCC(C)(C)C2)cc1. The largest absolute Gasteiger partial charge is 0.385 e. The highest BCUT2D eigenvalue weighted by Crippen LogP contribution is 2.46. The quantitative estimate of drug-likeness (QED) is 0.836. The van der Waals surface area contributed by atoms with Gasteiger partial charge in [0.15, 0.2) is 0 Å². The van der Waals surface area contributed by atoms with E-state index in [0.29, 0.717) is 0 Å². The number of benzene rings is 1. The summed E-state index contributed by atoms with van der Waals surface area (Å²) in [7, 11) is 0. The fourth-order valence-electron chi connectivity index (χ4n) is 3.34. The lowest BCUT2D eigenvalue weighted by atomic mass is 9.67. The van der Waals surface area contributed by atoms with E-state index in [4.69, 9.17) is 0 Å². The molecule has 18 heavy (non-hydrogen) atoms. The van der Waals surface area contributed by atoms with Crippen LogP contribution in [0.5, 0.6) is 0 Å². The average Bonchev–Trinajstić information content (AvgIpc) is 2.28. The molecule has 1 fully saturated rings. The van der Waals surface area contributed by atoms with Crippen molar-refractivity contribution in [3.05, 3.63) is 35.4 Å². The van der Waals surface area contributed by atoms with Gasteiger partial charge in [0.1, 0.15) is 0 Å². The topological polar surface area (TPSA) is 20.2 Å². The third kappa shape index (κ3) is 2.95. The van der Waals surface area contributed by atoms with Gasteiger partial charge in [0.25, 0.3) is 0 Å². The zero-order valence-electron chi connectivity index (χ0n) is 12.0. The fraction of sp³-hybridized carbons (Fsp3) is 0.647. The molecule has 1 aliphatic rings. The van der Waals surface area contributed by atoms with Crippen LogP contribution in [-0.2, 0) is 12.0 Å². The molecule has 1 atom stereocenters. The van der Waals surface area contributed by atoms with E-state index in [9.17, 15) is 5.11 Å². The van der Waals surface area contributed by atoms with Crippen molar-refractivity contribution < 1.29 is 5.11 Å². The number of rotatable bonds is 3. The summed E-state index contributed by atoms with van der Waals surface area (Å²) in [5, 5.41) is 10.9. The summed E-state index contributed by atoms with van der Waals surface area (Å²) in [5.74, 6) is 0. The Kier molecular flexibility index (Phi) is 3.82. The molecule has 1 unspecified atom stereocenters. The lowest BCUT2D eigenvalue weighted by Gasteiger charge is -2.42. The Bertz CT molecular complexity index is 391. The van der Waals surface area contributed by atoms with Crippen LogP contribution in [0.3, 0.4) is 0 Å². The van der Waals surface area contributed by atoms with Crippen LogP contribution in [0.4, 0.5) is 0 Å². The predicted molar refractivity (Wildman–Crippen MR) is 76.6 cm³/mol. The highest BCUT2D eigenvalue weighted by Gasteiger charge is 2.39. The molecule has 1 aromatic rings. The molecule has 0 radical (unpaired) electrons. The highest BCUT2D eigenvalue weighted by atomic mass is 16.3. The van der Waals surface area contributed by atoms with E-state index in [-0.39, 0.29) is 5.41 Å². The maximum absolute atomic E-state index is 10.9. The molecule has 1 N–H and O–H groups in total. The normalized spacial score (nSPS) is 27.1. The molecule has 0 saturated heterocycles. The van der Waals surface area contributed by atoms with Crippen molar-refractivity contribution in [2.24, 2.45) is 5.41 Å². The van der Waals surface area contributed by atoms with Crippen molar-refractivity contribution in [2.75, 3.05) is 0 Å². The van der Waals surface area contributed by atoms with Crippen LogP contribution in [0.15, 0.2) is 24.3 Å². The molecule has 100 valence electrons. The van der Waals surface area contributed by atoms with Crippen LogP contribution >= 0.6 is 0 Å².